The Morgan fingerprint density at radius 3 is 2.58 bits per heavy atom. The van der Waals surface area contributed by atoms with E-state index >= 15 is 0 Å². The Balaban J connectivity index is 2.93. The normalized spacial score (nSPS) is 13.7. The summed E-state index contributed by atoms with van der Waals surface area (Å²) in [5.74, 6) is -0.327. The van der Waals surface area contributed by atoms with Crippen molar-refractivity contribution in [3.05, 3.63) is 24.3 Å². The van der Waals surface area contributed by atoms with Crippen LogP contribution in [0.25, 0.3) is 0 Å². The first-order valence-electron chi connectivity index (χ1n) is 5.99. The van der Waals surface area contributed by atoms with Crippen molar-refractivity contribution in [2.24, 2.45) is 5.41 Å². The number of carbonyl (C=O) groups is 1. The van der Waals surface area contributed by atoms with Gasteiger partial charge in [-0.2, -0.15) is 0 Å². The van der Waals surface area contributed by atoms with Crippen LogP contribution in [0.3, 0.4) is 0 Å². The Bertz CT molecular complexity index is 440. The molecule has 0 saturated carbocycles. The standard InChI is InChI=1S/C13H20N2O3S/c1-13(9-17,7-8-16)12(18)14-10-5-3-4-6-11(10)15(2)19/h3-6,16-17,19H,7-9H2,1-2H3,(H,14,18). The average molecular weight is 284 g/mol. The first-order chi connectivity index (χ1) is 8.94. The van der Waals surface area contributed by atoms with Crippen molar-refractivity contribution in [2.45, 2.75) is 13.3 Å². The molecule has 0 saturated heterocycles. The van der Waals surface area contributed by atoms with Crippen LogP contribution in [0.5, 0.6) is 0 Å². The molecule has 0 spiro atoms. The summed E-state index contributed by atoms with van der Waals surface area (Å²) >= 11 is 4.21. The largest absolute Gasteiger partial charge is 0.396 e. The summed E-state index contributed by atoms with van der Waals surface area (Å²) in [6, 6.07) is 7.23. The van der Waals surface area contributed by atoms with Gasteiger partial charge in [-0.25, -0.2) is 0 Å². The van der Waals surface area contributed by atoms with Crippen LogP contribution in [0.2, 0.25) is 0 Å². The molecule has 6 heteroatoms. The molecule has 0 fully saturated rings. The summed E-state index contributed by atoms with van der Waals surface area (Å²) in [5, 5.41) is 21.1. The molecule has 1 aromatic rings. The van der Waals surface area contributed by atoms with Gasteiger partial charge < -0.3 is 19.8 Å². The van der Waals surface area contributed by atoms with Gasteiger partial charge in [-0.1, -0.05) is 24.9 Å². The first kappa shape index (κ1) is 15.8. The maximum Gasteiger partial charge on any atom is 0.232 e. The number of aliphatic hydroxyl groups excluding tert-OH is 2. The van der Waals surface area contributed by atoms with Crippen LogP contribution in [0.15, 0.2) is 24.3 Å². The minimum Gasteiger partial charge on any atom is -0.396 e. The molecule has 0 aliphatic carbocycles. The van der Waals surface area contributed by atoms with Crippen LogP contribution in [-0.4, -0.2) is 36.4 Å². The van der Waals surface area contributed by atoms with Crippen molar-refractivity contribution < 1.29 is 15.0 Å². The van der Waals surface area contributed by atoms with Gasteiger partial charge in [0, 0.05) is 13.7 Å². The van der Waals surface area contributed by atoms with Gasteiger partial charge in [-0.05, 0) is 25.5 Å². The number of rotatable bonds is 6. The lowest BCUT2D eigenvalue weighted by molar-refractivity contribution is -0.127. The van der Waals surface area contributed by atoms with Crippen LogP contribution in [0.1, 0.15) is 13.3 Å². The van der Waals surface area contributed by atoms with E-state index in [1.54, 1.807) is 30.4 Å². The lowest BCUT2D eigenvalue weighted by Gasteiger charge is -2.26. The number of para-hydroxylation sites is 2. The zero-order chi connectivity index (χ0) is 14.5. The van der Waals surface area contributed by atoms with E-state index < -0.39 is 5.41 Å². The Morgan fingerprint density at radius 2 is 2.05 bits per heavy atom. The van der Waals surface area contributed by atoms with Crippen LogP contribution in [0.4, 0.5) is 11.4 Å². The van der Waals surface area contributed by atoms with Gasteiger partial charge in [0.25, 0.3) is 0 Å². The monoisotopic (exact) mass is 284 g/mol. The molecule has 5 nitrogen and oxygen atoms in total. The van der Waals surface area contributed by atoms with Gasteiger partial charge >= 0.3 is 0 Å². The molecule has 19 heavy (non-hydrogen) atoms. The molecular formula is C13H20N2O3S. The van der Waals surface area contributed by atoms with E-state index in [9.17, 15) is 9.90 Å². The number of aliphatic hydroxyl groups is 2. The van der Waals surface area contributed by atoms with Crippen molar-refractivity contribution in [3.8, 4) is 0 Å². The Morgan fingerprint density at radius 1 is 1.42 bits per heavy atom. The summed E-state index contributed by atoms with van der Waals surface area (Å²) in [6.07, 6.45) is 0.203. The highest BCUT2D eigenvalue weighted by Gasteiger charge is 2.32. The molecule has 0 aliphatic rings. The number of hydrogen-bond acceptors (Lipinski definition) is 5. The van der Waals surface area contributed by atoms with Gasteiger partial charge in [0.2, 0.25) is 5.91 Å². The summed E-state index contributed by atoms with van der Waals surface area (Å²) in [6.45, 7) is 1.14. The number of benzene rings is 1. The minimum atomic E-state index is -1.00. The van der Waals surface area contributed by atoms with Crippen molar-refractivity contribution in [1.29, 1.82) is 0 Å². The highest BCUT2D eigenvalue weighted by atomic mass is 32.1. The number of amides is 1. The molecular weight excluding hydrogens is 264 g/mol. The average Bonchev–Trinajstić information content (AvgIpc) is 2.39. The van der Waals surface area contributed by atoms with E-state index in [0.29, 0.717) is 5.69 Å². The van der Waals surface area contributed by atoms with E-state index in [-0.39, 0.29) is 25.5 Å². The Kier molecular flexibility index (Phi) is 5.65. The zero-order valence-corrected chi connectivity index (χ0v) is 12.0. The molecule has 3 N–H and O–H groups in total. The number of carbonyl (C=O) groups excluding carboxylic acids is 1. The van der Waals surface area contributed by atoms with Crippen molar-refractivity contribution in [3.63, 3.8) is 0 Å². The quantitative estimate of drug-likeness (QED) is 0.594. The third-order valence-electron chi connectivity index (χ3n) is 3.06. The fourth-order valence-corrected chi connectivity index (χ4v) is 1.82. The predicted molar refractivity (Wildman–Crippen MR) is 79.4 cm³/mol. The smallest absolute Gasteiger partial charge is 0.232 e. The Hall–Kier alpha value is -1.24. The third kappa shape index (κ3) is 3.86. The number of anilines is 2. The molecule has 0 aromatic heterocycles. The van der Waals surface area contributed by atoms with Gasteiger partial charge in [0.1, 0.15) is 0 Å². The summed E-state index contributed by atoms with van der Waals surface area (Å²) < 4.78 is 1.60. The van der Waals surface area contributed by atoms with Gasteiger partial charge in [-0.3, -0.25) is 4.79 Å². The molecule has 0 heterocycles. The molecule has 1 aromatic carbocycles. The van der Waals surface area contributed by atoms with Gasteiger partial charge in [0.15, 0.2) is 0 Å². The second kappa shape index (κ2) is 6.79. The first-order valence-corrected chi connectivity index (χ1v) is 6.39. The van der Waals surface area contributed by atoms with Crippen LogP contribution < -0.4 is 9.62 Å². The molecule has 0 bridgehead atoms. The highest BCUT2D eigenvalue weighted by Crippen LogP contribution is 2.29. The number of hydrogen-bond donors (Lipinski definition) is 4. The van der Waals surface area contributed by atoms with Crippen molar-refractivity contribution in [1.82, 2.24) is 0 Å². The van der Waals surface area contributed by atoms with Crippen LogP contribution in [-0.2, 0) is 4.79 Å². The topological polar surface area (TPSA) is 72.8 Å². The van der Waals surface area contributed by atoms with Crippen molar-refractivity contribution >= 4 is 30.1 Å². The number of nitrogens with one attached hydrogen (secondary N) is 1. The molecule has 106 valence electrons. The second-order valence-electron chi connectivity index (χ2n) is 4.69. The van der Waals surface area contributed by atoms with E-state index in [2.05, 4.69) is 18.1 Å². The van der Waals surface area contributed by atoms with E-state index in [1.165, 1.54) is 0 Å². The van der Waals surface area contributed by atoms with E-state index in [1.807, 2.05) is 12.1 Å². The molecule has 1 unspecified atom stereocenters. The number of nitrogens with zero attached hydrogens (tertiary/aromatic N) is 1. The maximum absolute atomic E-state index is 12.2. The third-order valence-corrected chi connectivity index (χ3v) is 3.28. The van der Waals surface area contributed by atoms with E-state index in [4.69, 9.17) is 5.11 Å². The second-order valence-corrected chi connectivity index (χ2v) is 5.29. The lowest BCUT2D eigenvalue weighted by atomic mass is 9.87. The lowest BCUT2D eigenvalue weighted by Crippen LogP contribution is -2.37. The fraction of sp³-hybridized carbons (Fsp3) is 0.462. The molecule has 1 rings (SSSR count). The van der Waals surface area contributed by atoms with Crippen LogP contribution >= 0.6 is 12.8 Å². The molecule has 0 aliphatic heterocycles. The van der Waals surface area contributed by atoms with Gasteiger partial charge in [0.05, 0.1) is 23.4 Å². The zero-order valence-electron chi connectivity index (χ0n) is 11.1. The maximum atomic E-state index is 12.2. The summed E-state index contributed by atoms with van der Waals surface area (Å²) in [5.41, 5.74) is 0.364. The minimum absolute atomic E-state index is 0.154. The number of thiol groups is 1. The Labute approximate surface area is 118 Å². The summed E-state index contributed by atoms with van der Waals surface area (Å²) in [4.78, 5) is 12.2. The van der Waals surface area contributed by atoms with Crippen LogP contribution in [0, 0.1) is 5.41 Å². The van der Waals surface area contributed by atoms with E-state index in [0.717, 1.165) is 5.69 Å². The SMILES string of the molecule is CN(S)c1ccccc1NC(=O)C(C)(CO)CCO. The summed E-state index contributed by atoms with van der Waals surface area (Å²) in [7, 11) is 1.76. The molecule has 1 amide bonds. The fourth-order valence-electron chi connectivity index (χ4n) is 1.65. The highest BCUT2D eigenvalue weighted by molar-refractivity contribution is 7.81. The molecule has 0 radical (unpaired) electrons. The molecule has 1 atom stereocenters. The van der Waals surface area contributed by atoms with Gasteiger partial charge in [-0.15, -0.1) is 0 Å². The van der Waals surface area contributed by atoms with Crippen molar-refractivity contribution in [2.75, 3.05) is 29.9 Å². The predicted octanol–water partition coefficient (Wildman–Crippen LogP) is 1.29.